The van der Waals surface area contributed by atoms with E-state index in [0.717, 1.165) is 22.3 Å². The molecule has 28 heavy (non-hydrogen) atoms. The van der Waals surface area contributed by atoms with Gasteiger partial charge in [0.05, 0.1) is 12.1 Å². The number of fused-ring (bicyclic) bond motifs is 3. The Labute approximate surface area is 173 Å². The summed E-state index contributed by atoms with van der Waals surface area (Å²) in [5.41, 5.74) is 3.50. The van der Waals surface area contributed by atoms with Gasteiger partial charge < -0.3 is 9.47 Å². The van der Waals surface area contributed by atoms with Crippen molar-refractivity contribution in [1.82, 2.24) is 0 Å². The first kappa shape index (κ1) is 19.0. The van der Waals surface area contributed by atoms with E-state index in [2.05, 4.69) is 16.9 Å². The molecule has 0 aliphatic heterocycles. The molecular weight excluding hydrogens is 399 g/mol. The van der Waals surface area contributed by atoms with Gasteiger partial charge in [-0.15, -0.1) is 0 Å². The second kappa shape index (κ2) is 7.26. The van der Waals surface area contributed by atoms with Crippen LogP contribution in [0, 0.1) is 0 Å². The number of methoxy groups -OCH3 is 1. The fourth-order valence-corrected chi connectivity index (χ4v) is 4.73. The van der Waals surface area contributed by atoms with Crippen molar-refractivity contribution in [3.63, 3.8) is 0 Å². The van der Waals surface area contributed by atoms with E-state index in [1.165, 1.54) is 7.11 Å². The van der Waals surface area contributed by atoms with Crippen LogP contribution in [-0.4, -0.2) is 25.5 Å². The van der Waals surface area contributed by atoms with Crippen molar-refractivity contribution in [2.45, 2.75) is 24.7 Å². The summed E-state index contributed by atoms with van der Waals surface area (Å²) in [6.45, 7) is -0.254. The van der Waals surface area contributed by atoms with E-state index in [0.29, 0.717) is 30.0 Å². The fourth-order valence-electron chi connectivity index (χ4n) is 4.21. The van der Waals surface area contributed by atoms with Crippen LogP contribution in [0.3, 0.4) is 0 Å². The minimum Gasteiger partial charge on any atom is -0.480 e. The molecule has 6 heteroatoms. The van der Waals surface area contributed by atoms with Gasteiger partial charge in [-0.05, 0) is 41.7 Å². The number of ether oxygens (including phenoxy) is 2. The molecule has 4 nitrogen and oxygen atoms in total. The van der Waals surface area contributed by atoms with E-state index in [9.17, 15) is 9.59 Å². The highest BCUT2D eigenvalue weighted by Gasteiger charge is 2.47. The van der Waals surface area contributed by atoms with Gasteiger partial charge in [-0.2, -0.15) is 0 Å². The van der Waals surface area contributed by atoms with Crippen LogP contribution in [0.1, 0.15) is 29.5 Å². The van der Waals surface area contributed by atoms with Crippen molar-refractivity contribution >= 4 is 40.5 Å². The maximum Gasteiger partial charge on any atom is 0.343 e. The lowest BCUT2D eigenvalue weighted by molar-refractivity contribution is -0.142. The molecule has 0 saturated heterocycles. The average Bonchev–Trinajstić information content (AvgIpc) is 3.04. The summed E-state index contributed by atoms with van der Waals surface area (Å²) in [5.74, 6) is -0.0763. The van der Waals surface area contributed by atoms with Crippen LogP contribution in [-0.2, 0) is 26.2 Å². The van der Waals surface area contributed by atoms with E-state index >= 15 is 0 Å². The smallest absolute Gasteiger partial charge is 0.343 e. The number of esters is 1. The second-order valence-electron chi connectivity index (χ2n) is 7.05. The molecule has 0 aromatic heterocycles. The lowest BCUT2D eigenvalue weighted by Gasteiger charge is -2.34. The van der Waals surface area contributed by atoms with Crippen LogP contribution in [0.15, 0.2) is 42.5 Å². The number of carbonyl (C=O) groups excluding carboxylic acids is 2. The van der Waals surface area contributed by atoms with Gasteiger partial charge in [0.1, 0.15) is 10.8 Å². The molecule has 2 aromatic rings. The Morgan fingerprint density at radius 1 is 1.18 bits per heavy atom. The molecule has 0 radical (unpaired) electrons. The van der Waals surface area contributed by atoms with Crippen LogP contribution in [0.5, 0.6) is 5.75 Å². The van der Waals surface area contributed by atoms with E-state index in [1.54, 1.807) is 6.08 Å². The van der Waals surface area contributed by atoms with Crippen LogP contribution < -0.4 is 4.74 Å². The standard InChI is InChI=1S/C22H18Cl2O4/c1-27-18(26)12-28-17-9-13-11-22(14-5-3-2-4-6-14)8-7-15(25)10-16(22)19(13)21(24)20(17)23/h2-6,9-10H,7-8,11-12H2,1H3. The van der Waals surface area contributed by atoms with E-state index in [1.807, 2.05) is 24.3 Å². The van der Waals surface area contributed by atoms with Crippen LogP contribution in [0.2, 0.25) is 10.0 Å². The molecule has 0 fully saturated rings. The molecule has 4 rings (SSSR count). The summed E-state index contributed by atoms with van der Waals surface area (Å²) in [4.78, 5) is 23.7. The molecule has 2 aliphatic rings. The van der Waals surface area contributed by atoms with Crippen molar-refractivity contribution in [2.24, 2.45) is 0 Å². The Bertz CT molecular complexity index is 997. The zero-order valence-electron chi connectivity index (χ0n) is 15.3. The molecule has 0 bridgehead atoms. The summed E-state index contributed by atoms with van der Waals surface area (Å²) >= 11 is 13.1. The van der Waals surface area contributed by atoms with Crippen molar-refractivity contribution < 1.29 is 19.1 Å². The van der Waals surface area contributed by atoms with Crippen LogP contribution >= 0.6 is 23.2 Å². The summed E-state index contributed by atoms with van der Waals surface area (Å²) in [5, 5.41) is 0.574. The quantitative estimate of drug-likeness (QED) is 0.672. The Morgan fingerprint density at radius 2 is 1.93 bits per heavy atom. The first-order chi connectivity index (χ1) is 13.5. The minimum absolute atomic E-state index is 0.0904. The summed E-state index contributed by atoms with van der Waals surface area (Å²) in [6, 6.07) is 12.0. The first-order valence-electron chi connectivity index (χ1n) is 8.97. The Hall–Kier alpha value is -2.30. The number of hydrogen-bond acceptors (Lipinski definition) is 4. The van der Waals surface area contributed by atoms with Crippen molar-refractivity contribution in [3.05, 3.63) is 69.2 Å². The molecule has 0 heterocycles. The number of ketones is 1. The molecule has 0 amide bonds. The van der Waals surface area contributed by atoms with Gasteiger partial charge in [0.25, 0.3) is 0 Å². The molecule has 0 N–H and O–H groups in total. The molecule has 0 saturated carbocycles. The number of hydrogen-bond donors (Lipinski definition) is 0. The summed E-state index contributed by atoms with van der Waals surface area (Å²) < 4.78 is 10.1. The highest BCUT2D eigenvalue weighted by atomic mass is 35.5. The number of benzene rings is 2. The van der Waals surface area contributed by atoms with E-state index in [-0.39, 0.29) is 22.8 Å². The maximum atomic E-state index is 12.2. The first-order valence-corrected chi connectivity index (χ1v) is 9.73. The van der Waals surface area contributed by atoms with Gasteiger partial charge in [-0.3, -0.25) is 4.79 Å². The van der Waals surface area contributed by atoms with Crippen LogP contribution in [0.4, 0.5) is 0 Å². The molecule has 0 spiro atoms. The van der Waals surface area contributed by atoms with E-state index in [4.69, 9.17) is 27.9 Å². The Morgan fingerprint density at radius 3 is 2.64 bits per heavy atom. The molecule has 2 aromatic carbocycles. The van der Waals surface area contributed by atoms with Gasteiger partial charge in [0, 0.05) is 17.4 Å². The van der Waals surface area contributed by atoms with Crippen molar-refractivity contribution in [3.8, 4) is 5.75 Å². The topological polar surface area (TPSA) is 52.6 Å². The predicted octanol–water partition coefficient (Wildman–Crippen LogP) is 4.79. The normalized spacial score (nSPS) is 20.2. The lowest BCUT2D eigenvalue weighted by Crippen LogP contribution is -2.30. The monoisotopic (exact) mass is 416 g/mol. The van der Waals surface area contributed by atoms with Crippen molar-refractivity contribution in [1.29, 1.82) is 0 Å². The predicted molar refractivity (Wildman–Crippen MR) is 108 cm³/mol. The molecule has 1 unspecified atom stereocenters. The largest absolute Gasteiger partial charge is 0.480 e. The fraction of sp³-hybridized carbons (Fsp3) is 0.273. The number of rotatable bonds is 4. The minimum atomic E-state index is -0.504. The zero-order valence-corrected chi connectivity index (χ0v) is 16.8. The van der Waals surface area contributed by atoms with Gasteiger partial charge in [0.2, 0.25) is 0 Å². The van der Waals surface area contributed by atoms with Crippen molar-refractivity contribution in [2.75, 3.05) is 13.7 Å². The highest BCUT2D eigenvalue weighted by Crippen LogP contribution is 2.57. The summed E-state index contributed by atoms with van der Waals surface area (Å²) in [6.07, 6.45) is 3.60. The van der Waals surface area contributed by atoms with Gasteiger partial charge in [-0.25, -0.2) is 4.79 Å². The third kappa shape index (κ3) is 3.01. The number of allylic oxidation sites excluding steroid dienone is 2. The van der Waals surface area contributed by atoms with Gasteiger partial charge >= 0.3 is 5.97 Å². The third-order valence-electron chi connectivity index (χ3n) is 5.54. The molecule has 1 atom stereocenters. The molecular formula is C22H18Cl2O4. The zero-order chi connectivity index (χ0) is 19.9. The van der Waals surface area contributed by atoms with E-state index < -0.39 is 5.97 Å². The van der Waals surface area contributed by atoms with Gasteiger partial charge in [-0.1, -0.05) is 53.5 Å². The van der Waals surface area contributed by atoms with Crippen LogP contribution in [0.25, 0.3) is 5.57 Å². The van der Waals surface area contributed by atoms with Gasteiger partial charge in [0.15, 0.2) is 12.4 Å². The SMILES string of the molecule is COC(=O)COc1cc2c(c(Cl)c1Cl)C1=CC(=O)CCC1(c1ccccc1)C2. The number of halogens is 2. The number of carbonyl (C=O) groups is 2. The summed E-state index contributed by atoms with van der Waals surface area (Å²) in [7, 11) is 1.29. The lowest BCUT2D eigenvalue weighted by atomic mass is 9.68. The Balaban J connectivity index is 1.83. The third-order valence-corrected chi connectivity index (χ3v) is 6.39. The average molecular weight is 417 g/mol. The molecule has 144 valence electrons. The maximum absolute atomic E-state index is 12.2. The Kier molecular flexibility index (Phi) is 4.94. The highest BCUT2D eigenvalue weighted by molar-refractivity contribution is 6.44. The molecule has 2 aliphatic carbocycles. The second-order valence-corrected chi connectivity index (χ2v) is 7.81.